The average Bonchev–Trinajstić information content (AvgIpc) is 3.03. The lowest BCUT2D eigenvalue weighted by Crippen LogP contribution is -2.38. The second-order valence-corrected chi connectivity index (χ2v) is 9.17. The molecule has 0 saturated carbocycles. The summed E-state index contributed by atoms with van der Waals surface area (Å²) in [6.45, 7) is 6.08. The maximum Gasteiger partial charge on any atom is 0.257 e. The van der Waals surface area contributed by atoms with Crippen LogP contribution in [-0.2, 0) is 11.2 Å². The second-order valence-electron chi connectivity index (χ2n) is 9.17. The zero-order chi connectivity index (χ0) is 22.6. The quantitative estimate of drug-likeness (QED) is 0.405. The van der Waals surface area contributed by atoms with Gasteiger partial charge in [-0.3, -0.25) is 4.40 Å². The van der Waals surface area contributed by atoms with Crippen LogP contribution in [0.15, 0.2) is 36.4 Å². The highest BCUT2D eigenvalue weighted by Gasteiger charge is 2.31. The summed E-state index contributed by atoms with van der Waals surface area (Å²) in [4.78, 5) is 6.95. The first kappa shape index (κ1) is 20.1. The topological polar surface area (TPSA) is 55.5 Å². The Morgan fingerprint density at radius 3 is 2.76 bits per heavy atom. The summed E-state index contributed by atoms with van der Waals surface area (Å²) in [7, 11) is 0. The largest absolute Gasteiger partial charge is 0.378 e. The molecule has 33 heavy (non-hydrogen) atoms. The first-order chi connectivity index (χ1) is 16.0. The minimum atomic E-state index is -0.301. The third-order valence-corrected chi connectivity index (χ3v) is 6.57. The molecule has 1 fully saturated rings. The van der Waals surface area contributed by atoms with Crippen molar-refractivity contribution in [2.45, 2.75) is 33.1 Å². The average molecular weight is 442 g/mol. The van der Waals surface area contributed by atoms with E-state index in [4.69, 9.17) is 9.72 Å². The van der Waals surface area contributed by atoms with Crippen molar-refractivity contribution >= 4 is 28.2 Å². The fraction of sp³-hybridized carbons (Fsp3) is 0.346. The lowest BCUT2D eigenvalue weighted by atomic mass is 9.89. The van der Waals surface area contributed by atoms with Gasteiger partial charge in [0, 0.05) is 17.8 Å². The molecule has 0 unspecified atom stereocenters. The fourth-order valence-corrected chi connectivity index (χ4v) is 4.79. The SMILES string of the molecule is Cc1nnc2nc(N3CCCCc4c(C#CC5(C)COC5)cccc43)c3c(F)cccc3n12. The summed E-state index contributed by atoms with van der Waals surface area (Å²) in [5, 5.41) is 8.90. The molecule has 6 nitrogen and oxygen atoms in total. The minimum Gasteiger partial charge on any atom is -0.378 e. The van der Waals surface area contributed by atoms with Crippen LogP contribution < -0.4 is 4.90 Å². The fourth-order valence-electron chi connectivity index (χ4n) is 4.79. The van der Waals surface area contributed by atoms with Crippen molar-refractivity contribution in [3.63, 3.8) is 0 Å². The molecule has 6 rings (SSSR count). The summed E-state index contributed by atoms with van der Waals surface area (Å²) in [5.74, 6) is 8.26. The number of anilines is 2. The third-order valence-electron chi connectivity index (χ3n) is 6.57. The van der Waals surface area contributed by atoms with Gasteiger partial charge in [-0.2, -0.15) is 4.98 Å². The zero-order valence-electron chi connectivity index (χ0n) is 18.7. The van der Waals surface area contributed by atoms with E-state index in [-0.39, 0.29) is 11.2 Å². The van der Waals surface area contributed by atoms with Crippen molar-refractivity contribution in [2.24, 2.45) is 5.41 Å². The van der Waals surface area contributed by atoms with Gasteiger partial charge in [0.2, 0.25) is 0 Å². The van der Waals surface area contributed by atoms with Gasteiger partial charge in [0.05, 0.1) is 29.5 Å². The number of nitrogens with zero attached hydrogens (tertiary/aromatic N) is 5. The molecule has 2 aliphatic heterocycles. The Labute approximate surface area is 191 Å². The van der Waals surface area contributed by atoms with Crippen LogP contribution in [0.4, 0.5) is 15.9 Å². The molecule has 0 aliphatic carbocycles. The predicted molar refractivity (Wildman–Crippen MR) is 125 cm³/mol. The van der Waals surface area contributed by atoms with Gasteiger partial charge in [-0.15, -0.1) is 10.2 Å². The monoisotopic (exact) mass is 441 g/mol. The van der Waals surface area contributed by atoms with Crippen molar-refractivity contribution < 1.29 is 9.13 Å². The molecule has 4 heterocycles. The number of aromatic nitrogens is 4. The van der Waals surface area contributed by atoms with E-state index in [0.717, 1.165) is 42.6 Å². The van der Waals surface area contributed by atoms with Gasteiger partial charge in [0.1, 0.15) is 17.5 Å². The van der Waals surface area contributed by atoms with E-state index in [0.29, 0.717) is 36.0 Å². The van der Waals surface area contributed by atoms with Gasteiger partial charge < -0.3 is 9.64 Å². The molecule has 4 aromatic rings. The molecule has 0 amide bonds. The standard InChI is InChI=1S/C26H24FN5O/c1-17-29-30-25-28-24(23-20(27)9-6-11-22(23)32(17)25)31-14-4-3-8-19-18(7-5-10-21(19)31)12-13-26(2)15-33-16-26/h5-7,9-11H,3-4,8,14-16H2,1-2H3. The molecule has 7 heteroatoms. The van der Waals surface area contributed by atoms with Crippen molar-refractivity contribution in [1.29, 1.82) is 0 Å². The second kappa shape index (κ2) is 7.53. The minimum absolute atomic E-state index is 0.0788. The number of hydrogen-bond acceptors (Lipinski definition) is 5. The van der Waals surface area contributed by atoms with Gasteiger partial charge in [-0.1, -0.05) is 24.0 Å². The summed E-state index contributed by atoms with van der Waals surface area (Å²) in [6, 6.07) is 11.3. The lowest BCUT2D eigenvalue weighted by Gasteiger charge is -2.32. The van der Waals surface area contributed by atoms with E-state index in [1.165, 1.54) is 11.6 Å². The van der Waals surface area contributed by atoms with Crippen LogP contribution in [0.5, 0.6) is 0 Å². The van der Waals surface area contributed by atoms with E-state index in [2.05, 4.69) is 46.0 Å². The van der Waals surface area contributed by atoms with Gasteiger partial charge in [0.25, 0.3) is 5.78 Å². The van der Waals surface area contributed by atoms with Crippen LogP contribution in [0.1, 0.15) is 36.7 Å². The molecule has 1 saturated heterocycles. The van der Waals surface area contributed by atoms with Crippen LogP contribution >= 0.6 is 0 Å². The Bertz CT molecular complexity index is 1460. The molecular formula is C26H24FN5O. The van der Waals surface area contributed by atoms with E-state index in [9.17, 15) is 0 Å². The number of halogens is 1. The number of rotatable bonds is 1. The Morgan fingerprint density at radius 1 is 1.09 bits per heavy atom. The van der Waals surface area contributed by atoms with Crippen molar-refractivity contribution in [3.8, 4) is 11.8 Å². The molecular weight excluding hydrogens is 417 g/mol. The smallest absolute Gasteiger partial charge is 0.257 e. The number of fused-ring (bicyclic) bond motifs is 4. The van der Waals surface area contributed by atoms with Crippen LogP contribution in [0, 0.1) is 30.0 Å². The molecule has 0 radical (unpaired) electrons. The molecule has 2 aromatic carbocycles. The van der Waals surface area contributed by atoms with Crippen molar-refractivity contribution in [1.82, 2.24) is 19.6 Å². The van der Waals surface area contributed by atoms with E-state index >= 15 is 4.39 Å². The number of aryl methyl sites for hydroxylation is 1. The maximum absolute atomic E-state index is 15.3. The molecule has 166 valence electrons. The highest BCUT2D eigenvalue weighted by molar-refractivity contribution is 5.94. The maximum atomic E-state index is 15.3. The van der Waals surface area contributed by atoms with Gasteiger partial charge in [-0.05, 0) is 62.9 Å². The van der Waals surface area contributed by atoms with Crippen molar-refractivity contribution in [2.75, 3.05) is 24.7 Å². The molecule has 2 aromatic heterocycles. The van der Waals surface area contributed by atoms with Crippen LogP contribution in [0.25, 0.3) is 16.7 Å². The van der Waals surface area contributed by atoms with Crippen LogP contribution in [-0.4, -0.2) is 39.3 Å². The summed E-state index contributed by atoms with van der Waals surface area (Å²) in [6.07, 6.45) is 2.94. The lowest BCUT2D eigenvalue weighted by molar-refractivity contribution is -0.0648. The normalized spacial score (nSPS) is 17.2. The predicted octanol–water partition coefficient (Wildman–Crippen LogP) is 4.59. The Hall–Kier alpha value is -3.50. The van der Waals surface area contributed by atoms with Crippen LogP contribution in [0.2, 0.25) is 0 Å². The highest BCUT2D eigenvalue weighted by atomic mass is 19.1. The van der Waals surface area contributed by atoms with Gasteiger partial charge >= 0.3 is 0 Å². The van der Waals surface area contributed by atoms with E-state index < -0.39 is 0 Å². The molecule has 0 atom stereocenters. The Kier molecular flexibility index (Phi) is 4.59. The summed E-state index contributed by atoms with van der Waals surface area (Å²) < 4.78 is 22.4. The highest BCUT2D eigenvalue weighted by Crippen LogP contribution is 2.38. The van der Waals surface area contributed by atoms with Crippen LogP contribution in [0.3, 0.4) is 0 Å². The summed E-state index contributed by atoms with van der Waals surface area (Å²) >= 11 is 0. The number of ether oxygens (including phenoxy) is 1. The molecule has 2 aliphatic rings. The molecule has 0 bridgehead atoms. The van der Waals surface area contributed by atoms with Crippen molar-refractivity contribution in [3.05, 3.63) is 59.2 Å². The number of benzene rings is 2. The third kappa shape index (κ3) is 3.25. The first-order valence-corrected chi connectivity index (χ1v) is 11.3. The summed E-state index contributed by atoms with van der Waals surface area (Å²) in [5.41, 5.74) is 3.89. The van der Waals surface area contributed by atoms with Gasteiger partial charge in [-0.25, -0.2) is 4.39 Å². The molecule has 0 spiro atoms. The first-order valence-electron chi connectivity index (χ1n) is 11.3. The zero-order valence-corrected chi connectivity index (χ0v) is 18.7. The Balaban J connectivity index is 1.57. The van der Waals surface area contributed by atoms with E-state index in [1.807, 2.05) is 23.5 Å². The van der Waals surface area contributed by atoms with E-state index in [1.54, 1.807) is 6.07 Å². The Morgan fingerprint density at radius 2 is 1.94 bits per heavy atom. The van der Waals surface area contributed by atoms with Gasteiger partial charge in [0.15, 0.2) is 0 Å². The molecule has 0 N–H and O–H groups in total. The number of hydrogen-bond donors (Lipinski definition) is 0.